The van der Waals surface area contributed by atoms with E-state index in [4.69, 9.17) is 23.2 Å². The Morgan fingerprint density at radius 3 is 2.72 bits per heavy atom. The van der Waals surface area contributed by atoms with Crippen LogP contribution < -0.4 is 5.32 Å². The molecular formula is C16H14BrCl2N5O. The molecule has 3 rings (SSSR count). The van der Waals surface area contributed by atoms with E-state index in [2.05, 4.69) is 31.4 Å². The number of anilines is 1. The molecule has 0 aliphatic rings. The molecule has 1 unspecified atom stereocenters. The summed E-state index contributed by atoms with van der Waals surface area (Å²) in [6.45, 7) is 2.19. The number of carbonyl (C=O) groups excluding carboxylic acids is 1. The van der Waals surface area contributed by atoms with Crippen molar-refractivity contribution in [1.29, 1.82) is 0 Å². The monoisotopic (exact) mass is 441 g/mol. The summed E-state index contributed by atoms with van der Waals surface area (Å²) in [6.07, 6.45) is 4.99. The molecular weight excluding hydrogens is 429 g/mol. The molecule has 0 aliphatic carbocycles. The lowest BCUT2D eigenvalue weighted by Gasteiger charge is -2.11. The zero-order valence-electron chi connectivity index (χ0n) is 13.2. The third-order valence-corrected chi connectivity index (χ3v) is 4.65. The van der Waals surface area contributed by atoms with Crippen LogP contribution in [0.15, 0.2) is 47.3 Å². The molecule has 0 aliphatic heterocycles. The lowest BCUT2D eigenvalue weighted by Crippen LogP contribution is -2.24. The fraction of sp³-hybridized carbons (Fsp3) is 0.188. The van der Waals surface area contributed by atoms with Crippen molar-refractivity contribution in [2.75, 3.05) is 5.32 Å². The Balaban J connectivity index is 1.72. The minimum absolute atomic E-state index is 0.263. The Bertz CT molecular complexity index is 908. The number of amides is 1. The van der Waals surface area contributed by atoms with E-state index in [0.29, 0.717) is 22.4 Å². The summed E-state index contributed by atoms with van der Waals surface area (Å²) in [4.78, 5) is 12.4. The molecule has 1 amide bonds. The number of aromatic nitrogens is 4. The van der Waals surface area contributed by atoms with E-state index >= 15 is 0 Å². The molecule has 0 fully saturated rings. The highest BCUT2D eigenvalue weighted by atomic mass is 79.9. The van der Waals surface area contributed by atoms with Crippen molar-refractivity contribution in [2.24, 2.45) is 0 Å². The molecule has 0 spiro atoms. The van der Waals surface area contributed by atoms with Crippen LogP contribution in [0.3, 0.4) is 0 Å². The van der Waals surface area contributed by atoms with Gasteiger partial charge in [0.05, 0.1) is 17.2 Å². The normalized spacial score (nSPS) is 12.2. The minimum Gasteiger partial charge on any atom is -0.306 e. The molecule has 130 valence electrons. The molecule has 1 aromatic carbocycles. The highest BCUT2D eigenvalue weighted by Crippen LogP contribution is 2.23. The van der Waals surface area contributed by atoms with Crippen molar-refractivity contribution in [1.82, 2.24) is 19.6 Å². The highest BCUT2D eigenvalue weighted by Gasteiger charge is 2.19. The van der Waals surface area contributed by atoms with Crippen molar-refractivity contribution < 1.29 is 4.79 Å². The van der Waals surface area contributed by atoms with Gasteiger partial charge in [-0.2, -0.15) is 10.2 Å². The number of benzene rings is 1. The summed E-state index contributed by atoms with van der Waals surface area (Å²) in [5.74, 6) is 0.0392. The van der Waals surface area contributed by atoms with Gasteiger partial charge in [-0.1, -0.05) is 41.4 Å². The minimum atomic E-state index is -0.504. The Morgan fingerprint density at radius 2 is 2.04 bits per heavy atom. The van der Waals surface area contributed by atoms with Gasteiger partial charge >= 0.3 is 0 Å². The quantitative estimate of drug-likeness (QED) is 0.636. The SMILES string of the molecule is CC(C(=O)Nc1nn(Cc2ccccc2Cl)cc1Cl)n1cc(Br)cn1. The second-order valence-corrected chi connectivity index (χ2v) is 7.15. The topological polar surface area (TPSA) is 64.7 Å². The van der Waals surface area contributed by atoms with Gasteiger partial charge in [-0.25, -0.2) is 0 Å². The van der Waals surface area contributed by atoms with Crippen LogP contribution in [0.2, 0.25) is 10.0 Å². The van der Waals surface area contributed by atoms with E-state index in [1.165, 1.54) is 0 Å². The van der Waals surface area contributed by atoms with Gasteiger partial charge in [-0.05, 0) is 34.5 Å². The summed E-state index contributed by atoms with van der Waals surface area (Å²) in [6, 6.07) is 6.99. The van der Waals surface area contributed by atoms with Crippen molar-refractivity contribution in [3.63, 3.8) is 0 Å². The zero-order valence-corrected chi connectivity index (χ0v) is 16.3. The summed E-state index contributed by atoms with van der Waals surface area (Å²) >= 11 is 15.7. The first-order valence-electron chi connectivity index (χ1n) is 7.41. The molecule has 2 heterocycles. The van der Waals surface area contributed by atoms with Gasteiger partial charge < -0.3 is 5.32 Å². The second-order valence-electron chi connectivity index (χ2n) is 5.42. The van der Waals surface area contributed by atoms with Crippen LogP contribution >= 0.6 is 39.1 Å². The number of hydrogen-bond donors (Lipinski definition) is 1. The van der Waals surface area contributed by atoms with Gasteiger partial charge in [0.15, 0.2) is 5.82 Å². The fourth-order valence-electron chi connectivity index (χ4n) is 2.23. The standard InChI is InChI=1S/C16H14BrCl2N5O/c1-10(24-8-12(17)6-20-24)16(25)21-15-14(19)9-23(22-15)7-11-4-2-3-5-13(11)18/h2-6,8-10H,7H2,1H3,(H,21,22,25). The summed E-state index contributed by atoms with van der Waals surface area (Å²) in [7, 11) is 0. The van der Waals surface area contributed by atoms with E-state index < -0.39 is 6.04 Å². The molecule has 0 radical (unpaired) electrons. The largest absolute Gasteiger partial charge is 0.306 e. The number of nitrogens with one attached hydrogen (secondary N) is 1. The molecule has 9 heteroatoms. The highest BCUT2D eigenvalue weighted by molar-refractivity contribution is 9.10. The van der Waals surface area contributed by atoms with Gasteiger partial charge in [0.25, 0.3) is 0 Å². The first-order valence-corrected chi connectivity index (χ1v) is 8.96. The number of halogens is 3. The molecule has 1 atom stereocenters. The van der Waals surface area contributed by atoms with Crippen LogP contribution in [-0.4, -0.2) is 25.5 Å². The van der Waals surface area contributed by atoms with Crippen LogP contribution in [-0.2, 0) is 11.3 Å². The van der Waals surface area contributed by atoms with Gasteiger partial charge in [-0.3, -0.25) is 14.2 Å². The molecule has 2 aromatic heterocycles. The lowest BCUT2D eigenvalue weighted by molar-refractivity contribution is -0.119. The number of nitrogens with zero attached hydrogens (tertiary/aromatic N) is 4. The van der Waals surface area contributed by atoms with Crippen molar-refractivity contribution >= 4 is 50.9 Å². The molecule has 25 heavy (non-hydrogen) atoms. The lowest BCUT2D eigenvalue weighted by atomic mass is 10.2. The van der Waals surface area contributed by atoms with Crippen molar-refractivity contribution in [3.05, 3.63) is 62.9 Å². The Hall–Kier alpha value is -1.83. The maximum absolute atomic E-state index is 12.4. The second kappa shape index (κ2) is 7.59. The Labute approximate surface area is 162 Å². The van der Waals surface area contributed by atoms with Crippen LogP contribution in [0.5, 0.6) is 0 Å². The predicted molar refractivity (Wildman–Crippen MR) is 101 cm³/mol. The molecule has 0 saturated carbocycles. The number of carbonyl (C=O) groups is 1. The zero-order chi connectivity index (χ0) is 18.0. The van der Waals surface area contributed by atoms with Crippen molar-refractivity contribution in [3.8, 4) is 0 Å². The van der Waals surface area contributed by atoms with Crippen LogP contribution in [0.4, 0.5) is 5.82 Å². The van der Waals surface area contributed by atoms with Gasteiger partial charge in [0.2, 0.25) is 5.91 Å². The average molecular weight is 443 g/mol. The summed E-state index contributed by atoms with van der Waals surface area (Å²) in [5.41, 5.74) is 0.913. The van der Waals surface area contributed by atoms with E-state index in [0.717, 1.165) is 10.0 Å². The van der Waals surface area contributed by atoms with Gasteiger partial charge in [0.1, 0.15) is 11.1 Å². The van der Waals surface area contributed by atoms with Gasteiger partial charge in [0, 0.05) is 17.4 Å². The van der Waals surface area contributed by atoms with Gasteiger partial charge in [-0.15, -0.1) is 0 Å². The number of hydrogen-bond acceptors (Lipinski definition) is 3. The first-order chi connectivity index (χ1) is 11.9. The van der Waals surface area contributed by atoms with E-state index in [9.17, 15) is 4.79 Å². The molecule has 1 N–H and O–H groups in total. The van der Waals surface area contributed by atoms with E-state index in [1.54, 1.807) is 34.9 Å². The summed E-state index contributed by atoms with van der Waals surface area (Å²) in [5, 5.41) is 12.2. The maximum atomic E-state index is 12.4. The molecule has 0 bridgehead atoms. The average Bonchev–Trinajstić information content (AvgIpc) is 3.15. The number of rotatable bonds is 5. The van der Waals surface area contributed by atoms with Crippen molar-refractivity contribution in [2.45, 2.75) is 19.5 Å². The fourth-order valence-corrected chi connectivity index (χ4v) is 2.93. The van der Waals surface area contributed by atoms with Crippen LogP contribution in [0.25, 0.3) is 0 Å². The van der Waals surface area contributed by atoms with Crippen LogP contribution in [0, 0.1) is 0 Å². The predicted octanol–water partition coefficient (Wildman–Crippen LogP) is 4.40. The third-order valence-electron chi connectivity index (χ3n) is 3.60. The smallest absolute Gasteiger partial charge is 0.250 e. The Kier molecular flexibility index (Phi) is 5.46. The van der Waals surface area contributed by atoms with E-state index in [-0.39, 0.29) is 5.91 Å². The van der Waals surface area contributed by atoms with E-state index in [1.807, 2.05) is 24.3 Å². The molecule has 6 nitrogen and oxygen atoms in total. The third kappa shape index (κ3) is 4.23. The summed E-state index contributed by atoms with van der Waals surface area (Å²) < 4.78 is 3.98. The molecule has 0 saturated heterocycles. The first kappa shape index (κ1) is 18.0. The molecule has 3 aromatic rings. The van der Waals surface area contributed by atoms with Crippen LogP contribution in [0.1, 0.15) is 18.5 Å². The Morgan fingerprint density at radius 1 is 1.28 bits per heavy atom. The maximum Gasteiger partial charge on any atom is 0.250 e.